The van der Waals surface area contributed by atoms with Crippen molar-refractivity contribution in [1.82, 2.24) is 0 Å². The standard InChI is InChI=1S/C10H10BrNO2/c11-10-4-3-7(14-10)6-8(12)9-2-1-5-13-9/h1-5,8H,6,12H2. The highest BCUT2D eigenvalue weighted by molar-refractivity contribution is 9.10. The van der Waals surface area contributed by atoms with Gasteiger partial charge >= 0.3 is 0 Å². The fourth-order valence-corrected chi connectivity index (χ4v) is 1.62. The van der Waals surface area contributed by atoms with Crippen LogP contribution in [-0.2, 0) is 6.42 Å². The molecule has 0 bridgehead atoms. The van der Waals surface area contributed by atoms with E-state index in [-0.39, 0.29) is 6.04 Å². The summed E-state index contributed by atoms with van der Waals surface area (Å²) in [6.45, 7) is 0. The SMILES string of the molecule is NC(Cc1ccc(Br)o1)c1ccco1. The number of nitrogens with two attached hydrogens (primary N) is 1. The third-order valence-corrected chi connectivity index (χ3v) is 2.38. The molecule has 0 aromatic carbocycles. The lowest BCUT2D eigenvalue weighted by atomic mass is 10.1. The maximum absolute atomic E-state index is 5.91. The van der Waals surface area contributed by atoms with Gasteiger partial charge in [0.1, 0.15) is 11.5 Å². The summed E-state index contributed by atoms with van der Waals surface area (Å²) in [7, 11) is 0. The van der Waals surface area contributed by atoms with Gasteiger partial charge in [-0.05, 0) is 40.2 Å². The number of hydrogen-bond donors (Lipinski definition) is 1. The Kier molecular flexibility index (Phi) is 2.74. The minimum absolute atomic E-state index is 0.150. The van der Waals surface area contributed by atoms with Crippen molar-refractivity contribution in [3.05, 3.63) is 46.7 Å². The van der Waals surface area contributed by atoms with Crippen molar-refractivity contribution in [1.29, 1.82) is 0 Å². The van der Waals surface area contributed by atoms with Crippen LogP contribution in [0.4, 0.5) is 0 Å². The summed E-state index contributed by atoms with van der Waals surface area (Å²) in [5.41, 5.74) is 5.91. The van der Waals surface area contributed by atoms with Crippen LogP contribution in [0.3, 0.4) is 0 Å². The molecule has 0 amide bonds. The molecule has 2 aromatic rings. The van der Waals surface area contributed by atoms with Crippen LogP contribution in [0.2, 0.25) is 0 Å². The van der Waals surface area contributed by atoms with Crippen LogP contribution in [-0.4, -0.2) is 0 Å². The van der Waals surface area contributed by atoms with Gasteiger partial charge in [0.05, 0.1) is 12.3 Å². The third-order valence-electron chi connectivity index (χ3n) is 1.96. The maximum Gasteiger partial charge on any atom is 0.169 e. The molecule has 2 N–H and O–H groups in total. The molecule has 74 valence electrons. The van der Waals surface area contributed by atoms with Gasteiger partial charge in [-0.3, -0.25) is 0 Å². The molecule has 0 saturated carbocycles. The Bertz CT molecular complexity index is 394. The zero-order valence-electron chi connectivity index (χ0n) is 7.44. The van der Waals surface area contributed by atoms with Gasteiger partial charge in [0.2, 0.25) is 0 Å². The van der Waals surface area contributed by atoms with Crippen LogP contribution >= 0.6 is 15.9 Å². The predicted molar refractivity (Wildman–Crippen MR) is 55.7 cm³/mol. The molecule has 0 fully saturated rings. The van der Waals surface area contributed by atoms with Gasteiger partial charge in [0, 0.05) is 6.42 Å². The fraction of sp³-hybridized carbons (Fsp3) is 0.200. The average molecular weight is 256 g/mol. The lowest BCUT2D eigenvalue weighted by molar-refractivity contribution is 0.425. The van der Waals surface area contributed by atoms with E-state index in [4.69, 9.17) is 14.6 Å². The lowest BCUT2D eigenvalue weighted by Gasteiger charge is -2.05. The molecule has 4 heteroatoms. The molecule has 0 radical (unpaired) electrons. The van der Waals surface area contributed by atoms with Crippen LogP contribution in [0, 0.1) is 0 Å². The highest BCUT2D eigenvalue weighted by Gasteiger charge is 2.11. The predicted octanol–water partition coefficient (Wildman–Crippen LogP) is 2.88. The zero-order valence-corrected chi connectivity index (χ0v) is 9.03. The average Bonchev–Trinajstić information content (AvgIpc) is 2.75. The highest BCUT2D eigenvalue weighted by atomic mass is 79.9. The minimum atomic E-state index is -0.150. The lowest BCUT2D eigenvalue weighted by Crippen LogP contribution is -2.11. The van der Waals surface area contributed by atoms with Crippen LogP contribution in [0.1, 0.15) is 17.6 Å². The van der Waals surface area contributed by atoms with Crippen molar-refractivity contribution < 1.29 is 8.83 Å². The van der Waals surface area contributed by atoms with Crippen LogP contribution in [0.15, 0.2) is 44.0 Å². The van der Waals surface area contributed by atoms with E-state index in [1.165, 1.54) is 0 Å². The molecule has 14 heavy (non-hydrogen) atoms. The molecule has 0 aliphatic carbocycles. The number of halogens is 1. The van der Waals surface area contributed by atoms with E-state index >= 15 is 0 Å². The Morgan fingerprint density at radius 2 is 2.21 bits per heavy atom. The van der Waals surface area contributed by atoms with Crippen molar-refractivity contribution in [2.24, 2.45) is 5.73 Å². The first kappa shape index (κ1) is 9.55. The number of hydrogen-bond acceptors (Lipinski definition) is 3. The second-order valence-electron chi connectivity index (χ2n) is 3.03. The summed E-state index contributed by atoms with van der Waals surface area (Å²) < 4.78 is 11.3. The molecule has 2 rings (SSSR count). The summed E-state index contributed by atoms with van der Waals surface area (Å²) in [6.07, 6.45) is 2.26. The van der Waals surface area contributed by atoms with Gasteiger partial charge in [0.15, 0.2) is 4.67 Å². The monoisotopic (exact) mass is 255 g/mol. The Hall–Kier alpha value is -1.00. The topological polar surface area (TPSA) is 52.3 Å². The molecule has 0 aliphatic rings. The molecule has 2 aromatic heterocycles. The number of rotatable bonds is 3. The van der Waals surface area contributed by atoms with E-state index in [1.54, 1.807) is 6.26 Å². The van der Waals surface area contributed by atoms with Gasteiger partial charge in [-0.25, -0.2) is 0 Å². The van der Waals surface area contributed by atoms with E-state index in [9.17, 15) is 0 Å². The van der Waals surface area contributed by atoms with Crippen LogP contribution in [0.5, 0.6) is 0 Å². The van der Waals surface area contributed by atoms with Crippen molar-refractivity contribution in [2.75, 3.05) is 0 Å². The highest BCUT2D eigenvalue weighted by Crippen LogP contribution is 2.20. The largest absolute Gasteiger partial charge is 0.468 e. The second-order valence-corrected chi connectivity index (χ2v) is 3.81. The van der Waals surface area contributed by atoms with Crippen LogP contribution in [0.25, 0.3) is 0 Å². The number of furan rings is 2. The molecule has 1 unspecified atom stereocenters. The Balaban J connectivity index is 2.05. The van der Waals surface area contributed by atoms with Crippen molar-refractivity contribution in [3.63, 3.8) is 0 Å². The normalized spacial score (nSPS) is 13.0. The van der Waals surface area contributed by atoms with E-state index in [0.29, 0.717) is 6.42 Å². The summed E-state index contributed by atoms with van der Waals surface area (Å²) >= 11 is 3.24. The third kappa shape index (κ3) is 2.08. The van der Waals surface area contributed by atoms with Crippen molar-refractivity contribution in [3.8, 4) is 0 Å². The summed E-state index contributed by atoms with van der Waals surface area (Å²) in [5.74, 6) is 1.62. The molecule has 0 spiro atoms. The van der Waals surface area contributed by atoms with Gasteiger partial charge in [-0.2, -0.15) is 0 Å². The molecule has 1 atom stereocenters. The first-order chi connectivity index (χ1) is 6.75. The zero-order chi connectivity index (χ0) is 9.97. The Labute approximate surface area is 90.0 Å². The minimum Gasteiger partial charge on any atom is -0.468 e. The molecule has 2 heterocycles. The van der Waals surface area contributed by atoms with Gasteiger partial charge < -0.3 is 14.6 Å². The maximum atomic E-state index is 5.91. The Morgan fingerprint density at radius 1 is 1.36 bits per heavy atom. The smallest absolute Gasteiger partial charge is 0.169 e. The summed E-state index contributed by atoms with van der Waals surface area (Å²) in [6, 6.07) is 7.29. The molecular formula is C10H10BrNO2. The van der Waals surface area contributed by atoms with E-state index < -0.39 is 0 Å². The molecule has 3 nitrogen and oxygen atoms in total. The molecule has 0 aliphatic heterocycles. The molecular weight excluding hydrogens is 246 g/mol. The van der Waals surface area contributed by atoms with E-state index in [2.05, 4.69) is 15.9 Å². The van der Waals surface area contributed by atoms with E-state index in [1.807, 2.05) is 24.3 Å². The first-order valence-corrected chi connectivity index (χ1v) is 5.08. The quantitative estimate of drug-likeness (QED) is 0.918. The second kappa shape index (κ2) is 4.02. The van der Waals surface area contributed by atoms with Gasteiger partial charge in [0.25, 0.3) is 0 Å². The first-order valence-electron chi connectivity index (χ1n) is 4.29. The summed E-state index contributed by atoms with van der Waals surface area (Å²) in [5, 5.41) is 0. The molecule has 0 saturated heterocycles. The fourth-order valence-electron chi connectivity index (χ4n) is 1.28. The van der Waals surface area contributed by atoms with Crippen LogP contribution < -0.4 is 5.73 Å². The van der Waals surface area contributed by atoms with Crippen molar-refractivity contribution >= 4 is 15.9 Å². The van der Waals surface area contributed by atoms with Gasteiger partial charge in [-0.15, -0.1) is 0 Å². The van der Waals surface area contributed by atoms with E-state index in [0.717, 1.165) is 16.2 Å². The van der Waals surface area contributed by atoms with Crippen molar-refractivity contribution in [2.45, 2.75) is 12.5 Å². The van der Waals surface area contributed by atoms with Gasteiger partial charge in [-0.1, -0.05) is 0 Å². The summed E-state index contributed by atoms with van der Waals surface area (Å²) in [4.78, 5) is 0. The Morgan fingerprint density at radius 3 is 2.79 bits per heavy atom.